The minimum Gasteiger partial charge on any atom is -0.346 e. The average molecular weight is 392 g/mol. The molecule has 2 heterocycles. The third-order valence-corrected chi connectivity index (χ3v) is 5.88. The molecule has 3 atom stereocenters. The Morgan fingerprint density at radius 3 is 2.45 bits per heavy atom. The first kappa shape index (κ1) is 19.6. The van der Waals surface area contributed by atoms with Crippen LogP contribution < -0.4 is 16.2 Å². The summed E-state index contributed by atoms with van der Waals surface area (Å²) in [6.07, 6.45) is 2.06. The normalized spacial score (nSPS) is 22.6. The quantitative estimate of drug-likeness (QED) is 0.498. The maximum Gasteiger partial charge on any atom is 0.220 e. The Morgan fingerprint density at radius 2 is 1.72 bits per heavy atom. The van der Waals surface area contributed by atoms with E-state index in [1.165, 1.54) is 5.56 Å². The molecular formula is C23H29N5O. The summed E-state index contributed by atoms with van der Waals surface area (Å²) in [6.45, 7) is 4.32. The number of nitrogens with one attached hydrogen (secondary N) is 4. The number of aromatic nitrogens is 2. The molecule has 0 aliphatic carbocycles. The fraction of sp³-hybridized carbons (Fsp3) is 0.391. The molecule has 1 fully saturated rings. The van der Waals surface area contributed by atoms with Crippen molar-refractivity contribution < 1.29 is 4.79 Å². The Hall–Kier alpha value is -2.70. The Kier molecular flexibility index (Phi) is 5.92. The van der Waals surface area contributed by atoms with Gasteiger partial charge in [0.05, 0.1) is 17.1 Å². The van der Waals surface area contributed by atoms with Crippen molar-refractivity contribution in [3.63, 3.8) is 0 Å². The molecule has 0 saturated carbocycles. The van der Waals surface area contributed by atoms with Gasteiger partial charge in [-0.15, -0.1) is 0 Å². The second kappa shape index (κ2) is 8.76. The Balaban J connectivity index is 1.48. The first-order chi connectivity index (χ1) is 14.1. The number of aromatic amines is 1. The number of hydrogen-bond donors (Lipinski definition) is 4. The summed E-state index contributed by atoms with van der Waals surface area (Å²) >= 11 is 0. The lowest BCUT2D eigenvalue weighted by Gasteiger charge is -2.20. The summed E-state index contributed by atoms with van der Waals surface area (Å²) in [5, 5.41) is 3.22. The lowest BCUT2D eigenvalue weighted by molar-refractivity contribution is -0.122. The first-order valence-electron chi connectivity index (χ1n) is 10.4. The maximum absolute atomic E-state index is 12.8. The van der Waals surface area contributed by atoms with Gasteiger partial charge in [0.1, 0.15) is 5.82 Å². The molecule has 1 amide bonds. The lowest BCUT2D eigenvalue weighted by atomic mass is 9.91. The second-order valence-electron chi connectivity index (χ2n) is 8.02. The fourth-order valence-corrected chi connectivity index (χ4v) is 4.18. The summed E-state index contributed by atoms with van der Waals surface area (Å²) < 4.78 is 0. The smallest absolute Gasteiger partial charge is 0.220 e. The second-order valence-corrected chi connectivity index (χ2v) is 8.02. The number of imidazole rings is 1. The van der Waals surface area contributed by atoms with Gasteiger partial charge in [-0.25, -0.2) is 4.98 Å². The molecule has 152 valence electrons. The number of nitrogens with zero attached hydrogens (tertiary/aromatic N) is 1. The molecule has 0 radical (unpaired) electrons. The predicted molar refractivity (Wildman–Crippen MR) is 115 cm³/mol. The van der Waals surface area contributed by atoms with Gasteiger partial charge in [0.15, 0.2) is 0 Å². The highest BCUT2D eigenvalue weighted by Gasteiger charge is 2.30. The molecule has 2 unspecified atom stereocenters. The van der Waals surface area contributed by atoms with Crippen LogP contribution in [0.1, 0.15) is 44.1 Å². The van der Waals surface area contributed by atoms with Crippen molar-refractivity contribution in [2.45, 2.75) is 51.2 Å². The molecule has 6 nitrogen and oxygen atoms in total. The number of amides is 1. The van der Waals surface area contributed by atoms with E-state index >= 15 is 0 Å². The van der Waals surface area contributed by atoms with Crippen molar-refractivity contribution in [1.29, 1.82) is 0 Å². The maximum atomic E-state index is 12.8. The summed E-state index contributed by atoms with van der Waals surface area (Å²) in [4.78, 5) is 20.9. The molecule has 4 N–H and O–H groups in total. The third kappa shape index (κ3) is 4.66. The van der Waals surface area contributed by atoms with Gasteiger partial charge in [-0.1, -0.05) is 42.5 Å². The minimum atomic E-state index is -0.188. The zero-order chi connectivity index (χ0) is 20.2. The van der Waals surface area contributed by atoms with Gasteiger partial charge in [-0.2, -0.15) is 0 Å². The predicted octanol–water partition coefficient (Wildman–Crippen LogP) is 3.24. The van der Waals surface area contributed by atoms with E-state index in [0.29, 0.717) is 30.8 Å². The standard InChI is InChI=1S/C23H29N5O/c1-15-18(16(2)28-27-15)12-13-22(29)24-21(14-17-8-4-3-5-9-17)23-25-19-10-6-7-11-20(19)26-23/h3-11,15-16,18,21,27-28H,12-14H2,1-2H3,(H,24,29)(H,25,26)/t15?,16?,18?,21-/m0/s1. The summed E-state index contributed by atoms with van der Waals surface area (Å²) in [7, 11) is 0. The lowest BCUT2D eigenvalue weighted by Crippen LogP contribution is -2.32. The first-order valence-corrected chi connectivity index (χ1v) is 10.4. The van der Waals surface area contributed by atoms with Crippen molar-refractivity contribution in [3.05, 3.63) is 66.0 Å². The number of hydrazine groups is 1. The van der Waals surface area contributed by atoms with Crippen LogP contribution in [0.4, 0.5) is 0 Å². The van der Waals surface area contributed by atoms with E-state index in [4.69, 9.17) is 4.98 Å². The van der Waals surface area contributed by atoms with Crippen LogP contribution in [0, 0.1) is 5.92 Å². The fourth-order valence-electron chi connectivity index (χ4n) is 4.18. The Labute approximate surface area is 171 Å². The molecule has 0 bridgehead atoms. The van der Waals surface area contributed by atoms with E-state index in [1.807, 2.05) is 42.5 Å². The van der Waals surface area contributed by atoms with Crippen LogP contribution in [-0.2, 0) is 11.2 Å². The topological polar surface area (TPSA) is 81.8 Å². The molecular weight excluding hydrogens is 362 g/mol. The van der Waals surface area contributed by atoms with Gasteiger partial charge in [-0.3, -0.25) is 15.6 Å². The van der Waals surface area contributed by atoms with Gasteiger partial charge in [0.25, 0.3) is 0 Å². The van der Waals surface area contributed by atoms with Crippen molar-refractivity contribution in [2.24, 2.45) is 5.92 Å². The molecule has 1 saturated heterocycles. The highest BCUT2D eigenvalue weighted by Crippen LogP contribution is 2.22. The number of carbonyl (C=O) groups is 1. The summed E-state index contributed by atoms with van der Waals surface area (Å²) in [5.41, 5.74) is 9.60. The van der Waals surface area contributed by atoms with Crippen molar-refractivity contribution in [1.82, 2.24) is 26.1 Å². The summed E-state index contributed by atoms with van der Waals surface area (Å²) in [5.74, 6) is 1.31. The van der Waals surface area contributed by atoms with Gasteiger partial charge in [0, 0.05) is 18.5 Å². The number of carbonyl (C=O) groups excluding carboxylic acids is 1. The van der Waals surface area contributed by atoms with Crippen molar-refractivity contribution in [2.75, 3.05) is 0 Å². The van der Waals surface area contributed by atoms with Crippen LogP contribution in [0.5, 0.6) is 0 Å². The van der Waals surface area contributed by atoms with E-state index < -0.39 is 0 Å². The van der Waals surface area contributed by atoms with E-state index in [0.717, 1.165) is 23.3 Å². The Morgan fingerprint density at radius 1 is 1.03 bits per heavy atom. The monoisotopic (exact) mass is 391 g/mol. The molecule has 6 heteroatoms. The van der Waals surface area contributed by atoms with Gasteiger partial charge in [-0.05, 0) is 50.3 Å². The third-order valence-electron chi connectivity index (χ3n) is 5.88. The molecule has 29 heavy (non-hydrogen) atoms. The number of benzene rings is 2. The van der Waals surface area contributed by atoms with E-state index in [-0.39, 0.29) is 11.9 Å². The molecule has 0 spiro atoms. The number of rotatable bonds is 7. The number of H-pyrrole nitrogens is 1. The molecule has 1 aromatic heterocycles. The zero-order valence-corrected chi connectivity index (χ0v) is 17.0. The van der Waals surface area contributed by atoms with E-state index in [9.17, 15) is 4.79 Å². The van der Waals surface area contributed by atoms with Crippen LogP contribution in [0.15, 0.2) is 54.6 Å². The van der Waals surface area contributed by atoms with Gasteiger partial charge < -0.3 is 10.3 Å². The largest absolute Gasteiger partial charge is 0.346 e. The van der Waals surface area contributed by atoms with Crippen LogP contribution in [0.3, 0.4) is 0 Å². The molecule has 3 aromatic rings. The van der Waals surface area contributed by atoms with Crippen molar-refractivity contribution >= 4 is 16.9 Å². The van der Waals surface area contributed by atoms with Crippen molar-refractivity contribution in [3.8, 4) is 0 Å². The molecule has 1 aliphatic rings. The SMILES string of the molecule is CC1NNC(C)C1CCC(=O)N[C@@H](Cc1ccccc1)c1nc2ccccc2[nH]1. The van der Waals surface area contributed by atoms with Crippen LogP contribution in [-0.4, -0.2) is 28.0 Å². The zero-order valence-electron chi connectivity index (χ0n) is 17.0. The Bertz CT molecular complexity index is 911. The number of para-hydroxylation sites is 2. The highest BCUT2D eigenvalue weighted by molar-refractivity contribution is 5.77. The summed E-state index contributed by atoms with van der Waals surface area (Å²) in [6, 6.07) is 18.7. The van der Waals surface area contributed by atoms with Crippen LogP contribution >= 0.6 is 0 Å². The van der Waals surface area contributed by atoms with Gasteiger partial charge >= 0.3 is 0 Å². The molecule has 2 aromatic carbocycles. The van der Waals surface area contributed by atoms with Gasteiger partial charge in [0.2, 0.25) is 5.91 Å². The molecule has 1 aliphatic heterocycles. The number of hydrogen-bond acceptors (Lipinski definition) is 4. The number of fused-ring (bicyclic) bond motifs is 1. The van der Waals surface area contributed by atoms with E-state index in [1.54, 1.807) is 0 Å². The minimum absolute atomic E-state index is 0.0673. The van der Waals surface area contributed by atoms with Crippen LogP contribution in [0.2, 0.25) is 0 Å². The van der Waals surface area contributed by atoms with E-state index in [2.05, 4.69) is 47.1 Å². The van der Waals surface area contributed by atoms with Crippen LogP contribution in [0.25, 0.3) is 11.0 Å². The highest BCUT2D eigenvalue weighted by atomic mass is 16.1. The average Bonchev–Trinajstić information content (AvgIpc) is 3.30. The molecule has 4 rings (SSSR count).